The second kappa shape index (κ2) is 4.33. The number of carbonyl (C=O) groups is 1. The molecule has 0 bridgehead atoms. The van der Waals surface area contributed by atoms with E-state index in [4.69, 9.17) is 17.0 Å². The normalized spacial score (nSPS) is 21.2. The van der Waals surface area contributed by atoms with Gasteiger partial charge in [0.05, 0.1) is 6.61 Å². The maximum Gasteiger partial charge on any atom is 0.339 e. The van der Waals surface area contributed by atoms with Crippen molar-refractivity contribution in [1.29, 1.82) is 0 Å². The molecule has 0 spiro atoms. The summed E-state index contributed by atoms with van der Waals surface area (Å²) in [6, 6.07) is -0.846. The van der Waals surface area contributed by atoms with Crippen LogP contribution in [0.15, 0.2) is 10.2 Å². The SMILES string of the molecule is CCOC(=O)C1N=NC(=S)NC1=S. The Balaban J connectivity index is 2.70. The first-order chi connectivity index (χ1) is 6.15. The van der Waals surface area contributed by atoms with E-state index in [0.717, 1.165) is 0 Å². The van der Waals surface area contributed by atoms with Crippen molar-refractivity contribution in [2.24, 2.45) is 10.2 Å². The van der Waals surface area contributed by atoms with Gasteiger partial charge in [0, 0.05) is 0 Å². The third-order valence-electron chi connectivity index (χ3n) is 1.25. The van der Waals surface area contributed by atoms with E-state index in [1.807, 2.05) is 0 Å². The number of rotatable bonds is 2. The van der Waals surface area contributed by atoms with Gasteiger partial charge < -0.3 is 10.1 Å². The van der Waals surface area contributed by atoms with Gasteiger partial charge in [-0.1, -0.05) is 12.2 Å². The predicted octanol–water partition coefficient (Wildman–Crippen LogP) is 0.586. The molecule has 0 aliphatic carbocycles. The summed E-state index contributed by atoms with van der Waals surface area (Å²) >= 11 is 9.52. The van der Waals surface area contributed by atoms with Gasteiger partial charge in [0.2, 0.25) is 11.2 Å². The second-order valence-corrected chi connectivity index (χ2v) is 2.99. The summed E-state index contributed by atoms with van der Waals surface area (Å²) in [7, 11) is 0. The third kappa shape index (κ3) is 2.49. The first-order valence-electron chi connectivity index (χ1n) is 3.57. The maximum absolute atomic E-state index is 11.2. The summed E-state index contributed by atoms with van der Waals surface area (Å²) in [6.07, 6.45) is 0. The number of azo groups is 1. The molecule has 13 heavy (non-hydrogen) atoms. The molecule has 1 rings (SSSR count). The highest BCUT2D eigenvalue weighted by Gasteiger charge is 2.27. The van der Waals surface area contributed by atoms with E-state index >= 15 is 0 Å². The van der Waals surface area contributed by atoms with Crippen LogP contribution in [0.1, 0.15) is 6.92 Å². The first kappa shape index (κ1) is 10.1. The Hall–Kier alpha value is -0.950. The van der Waals surface area contributed by atoms with Gasteiger partial charge >= 0.3 is 5.97 Å². The lowest BCUT2D eigenvalue weighted by molar-refractivity contribution is -0.142. The van der Waals surface area contributed by atoms with Crippen molar-refractivity contribution in [3.05, 3.63) is 0 Å². The van der Waals surface area contributed by atoms with E-state index < -0.39 is 12.0 Å². The van der Waals surface area contributed by atoms with Gasteiger partial charge in [0.25, 0.3) is 0 Å². The van der Waals surface area contributed by atoms with E-state index in [9.17, 15) is 4.79 Å². The maximum atomic E-state index is 11.2. The van der Waals surface area contributed by atoms with Crippen LogP contribution >= 0.6 is 24.4 Å². The van der Waals surface area contributed by atoms with Gasteiger partial charge in [0.1, 0.15) is 4.99 Å². The molecular weight excluding hydrogens is 210 g/mol. The molecular formula is C6H7N3O2S2. The van der Waals surface area contributed by atoms with Crippen LogP contribution in [0, 0.1) is 0 Å². The van der Waals surface area contributed by atoms with Crippen LogP contribution in [0.25, 0.3) is 0 Å². The number of nitrogens with one attached hydrogen (secondary N) is 1. The van der Waals surface area contributed by atoms with Crippen LogP contribution in [-0.4, -0.2) is 28.7 Å². The molecule has 0 aromatic carbocycles. The van der Waals surface area contributed by atoms with Gasteiger partial charge in [-0.3, -0.25) is 0 Å². The minimum absolute atomic E-state index is 0.172. The lowest BCUT2D eigenvalue weighted by atomic mass is 10.3. The molecule has 1 aliphatic heterocycles. The fourth-order valence-electron chi connectivity index (χ4n) is 0.737. The van der Waals surface area contributed by atoms with Crippen molar-refractivity contribution in [1.82, 2.24) is 5.32 Å². The van der Waals surface area contributed by atoms with Crippen molar-refractivity contribution in [2.75, 3.05) is 6.61 Å². The van der Waals surface area contributed by atoms with Crippen molar-refractivity contribution >= 4 is 40.5 Å². The minimum atomic E-state index is -0.846. The molecule has 1 unspecified atom stereocenters. The molecule has 0 fully saturated rings. The van der Waals surface area contributed by atoms with Crippen LogP contribution in [-0.2, 0) is 9.53 Å². The summed E-state index contributed by atoms with van der Waals surface area (Å²) in [5, 5.41) is 9.88. The molecule has 0 amide bonds. The van der Waals surface area contributed by atoms with Crippen LogP contribution in [0.2, 0.25) is 0 Å². The van der Waals surface area contributed by atoms with Crippen LogP contribution < -0.4 is 5.32 Å². The molecule has 1 aliphatic rings. The largest absolute Gasteiger partial charge is 0.464 e. The molecule has 1 atom stereocenters. The Morgan fingerprint density at radius 3 is 2.92 bits per heavy atom. The second-order valence-electron chi connectivity index (χ2n) is 2.16. The summed E-state index contributed by atoms with van der Waals surface area (Å²) in [5.41, 5.74) is 0. The molecule has 5 nitrogen and oxygen atoms in total. The molecule has 70 valence electrons. The van der Waals surface area contributed by atoms with Gasteiger partial charge in [0.15, 0.2) is 0 Å². The molecule has 1 heterocycles. The standard InChI is InChI=1S/C6H7N3O2S2/c1-2-11-5(10)3-4(12)7-6(13)9-8-3/h3H,2H2,1H3,(H,7,12,13). The highest BCUT2D eigenvalue weighted by atomic mass is 32.1. The average Bonchev–Trinajstić information content (AvgIpc) is 2.04. The Morgan fingerprint density at radius 1 is 1.69 bits per heavy atom. The average molecular weight is 217 g/mol. The Morgan fingerprint density at radius 2 is 2.38 bits per heavy atom. The van der Waals surface area contributed by atoms with E-state index in [-0.39, 0.29) is 16.7 Å². The number of ether oxygens (including phenoxy) is 1. The molecule has 0 aromatic heterocycles. The summed E-state index contributed by atoms with van der Waals surface area (Å²) in [4.78, 5) is 11.4. The van der Waals surface area contributed by atoms with E-state index in [2.05, 4.69) is 27.8 Å². The topological polar surface area (TPSA) is 63.0 Å². The highest BCUT2D eigenvalue weighted by Crippen LogP contribution is 2.04. The number of esters is 1. The number of thiocarbonyl (C=S) groups is 2. The number of carbonyl (C=O) groups excluding carboxylic acids is 1. The van der Waals surface area contributed by atoms with Gasteiger partial charge in [-0.2, -0.15) is 5.11 Å². The van der Waals surface area contributed by atoms with Crippen LogP contribution in [0.5, 0.6) is 0 Å². The Kier molecular flexibility index (Phi) is 3.38. The molecule has 0 saturated heterocycles. The fourth-order valence-corrected chi connectivity index (χ4v) is 1.20. The van der Waals surface area contributed by atoms with Crippen molar-refractivity contribution in [2.45, 2.75) is 13.0 Å². The molecule has 0 saturated carbocycles. The van der Waals surface area contributed by atoms with Gasteiger partial charge in [-0.05, 0) is 19.1 Å². The predicted molar refractivity (Wildman–Crippen MR) is 53.6 cm³/mol. The molecule has 1 N–H and O–H groups in total. The summed E-state index contributed by atoms with van der Waals surface area (Å²) in [5.74, 6) is -0.508. The van der Waals surface area contributed by atoms with E-state index in [1.54, 1.807) is 6.92 Å². The minimum Gasteiger partial charge on any atom is -0.464 e. The summed E-state index contributed by atoms with van der Waals surface area (Å²) < 4.78 is 4.72. The number of nitrogens with zero attached hydrogens (tertiary/aromatic N) is 2. The monoisotopic (exact) mass is 217 g/mol. The Bertz CT molecular complexity index is 290. The summed E-state index contributed by atoms with van der Waals surface area (Å²) in [6.45, 7) is 2.00. The molecule has 7 heteroatoms. The van der Waals surface area contributed by atoms with Crippen molar-refractivity contribution in [3.63, 3.8) is 0 Å². The quantitative estimate of drug-likeness (QED) is 0.541. The smallest absolute Gasteiger partial charge is 0.339 e. The van der Waals surface area contributed by atoms with Crippen molar-refractivity contribution in [3.8, 4) is 0 Å². The van der Waals surface area contributed by atoms with Gasteiger partial charge in [-0.25, -0.2) is 4.79 Å². The molecule has 0 aromatic rings. The highest BCUT2D eigenvalue weighted by molar-refractivity contribution is 7.82. The zero-order valence-electron chi connectivity index (χ0n) is 6.81. The first-order valence-corrected chi connectivity index (χ1v) is 4.39. The van der Waals surface area contributed by atoms with Gasteiger partial charge in [-0.15, -0.1) is 5.11 Å². The fraction of sp³-hybridized carbons (Fsp3) is 0.500. The van der Waals surface area contributed by atoms with E-state index in [0.29, 0.717) is 0 Å². The number of hydrogen-bond acceptors (Lipinski definition) is 5. The van der Waals surface area contributed by atoms with Crippen LogP contribution in [0.3, 0.4) is 0 Å². The Labute approximate surface area is 85.5 Å². The molecule has 0 radical (unpaired) electrons. The lowest BCUT2D eigenvalue weighted by Gasteiger charge is -2.15. The zero-order chi connectivity index (χ0) is 9.84. The van der Waals surface area contributed by atoms with E-state index in [1.165, 1.54) is 0 Å². The number of hydrogen-bond donors (Lipinski definition) is 1. The van der Waals surface area contributed by atoms with Crippen LogP contribution in [0.4, 0.5) is 0 Å². The third-order valence-corrected chi connectivity index (χ3v) is 1.76. The zero-order valence-corrected chi connectivity index (χ0v) is 8.44. The lowest BCUT2D eigenvalue weighted by Crippen LogP contribution is -2.43. The van der Waals surface area contributed by atoms with Crippen molar-refractivity contribution < 1.29 is 9.53 Å².